The molecule has 7 heteroatoms. The van der Waals surface area contributed by atoms with Gasteiger partial charge in [0.1, 0.15) is 5.82 Å². The summed E-state index contributed by atoms with van der Waals surface area (Å²) in [5.74, 6) is 0.988. The SMILES string of the molecule is O=S(=O)(NCc1ccc(N2CCCC2)nc1)N1CCCCCC1. The zero-order valence-corrected chi connectivity index (χ0v) is 14.4. The number of anilines is 1. The third-order valence-corrected chi connectivity index (χ3v) is 6.16. The molecule has 0 atom stereocenters. The second-order valence-corrected chi connectivity index (χ2v) is 8.11. The van der Waals surface area contributed by atoms with E-state index >= 15 is 0 Å². The lowest BCUT2D eigenvalue weighted by Crippen LogP contribution is -2.40. The number of hydrogen-bond acceptors (Lipinski definition) is 4. The minimum absolute atomic E-state index is 0.298. The minimum Gasteiger partial charge on any atom is -0.357 e. The van der Waals surface area contributed by atoms with Crippen LogP contribution < -0.4 is 9.62 Å². The molecule has 6 nitrogen and oxygen atoms in total. The van der Waals surface area contributed by atoms with Crippen LogP contribution in [0.2, 0.25) is 0 Å². The highest BCUT2D eigenvalue weighted by atomic mass is 32.2. The molecule has 0 amide bonds. The Bertz CT molecular complexity index is 589. The van der Waals surface area contributed by atoms with Crippen molar-refractivity contribution in [3.63, 3.8) is 0 Å². The van der Waals surface area contributed by atoms with Crippen LogP contribution in [-0.2, 0) is 16.8 Å². The first-order valence-electron chi connectivity index (χ1n) is 8.60. The van der Waals surface area contributed by atoms with Crippen molar-refractivity contribution in [2.75, 3.05) is 31.1 Å². The number of nitrogens with one attached hydrogen (secondary N) is 1. The molecule has 2 fully saturated rings. The summed E-state index contributed by atoms with van der Waals surface area (Å²) < 4.78 is 29.0. The van der Waals surface area contributed by atoms with Crippen molar-refractivity contribution in [3.05, 3.63) is 23.9 Å². The van der Waals surface area contributed by atoms with E-state index in [1.165, 1.54) is 12.8 Å². The fourth-order valence-corrected chi connectivity index (χ4v) is 4.47. The molecule has 3 rings (SSSR count). The summed E-state index contributed by atoms with van der Waals surface area (Å²) in [7, 11) is -3.39. The highest BCUT2D eigenvalue weighted by Gasteiger charge is 2.22. The van der Waals surface area contributed by atoms with Gasteiger partial charge < -0.3 is 4.90 Å². The van der Waals surface area contributed by atoms with Crippen molar-refractivity contribution in [2.45, 2.75) is 45.1 Å². The Kier molecular flexibility index (Phi) is 5.50. The molecule has 0 spiro atoms. The fraction of sp³-hybridized carbons (Fsp3) is 0.688. The largest absolute Gasteiger partial charge is 0.357 e. The third kappa shape index (κ3) is 4.43. The van der Waals surface area contributed by atoms with Crippen LogP contribution >= 0.6 is 0 Å². The molecule has 0 bridgehead atoms. The summed E-state index contributed by atoms with van der Waals surface area (Å²) in [6, 6.07) is 3.95. The van der Waals surface area contributed by atoms with E-state index in [1.54, 1.807) is 10.5 Å². The number of aromatic nitrogens is 1. The molecule has 0 unspecified atom stereocenters. The van der Waals surface area contributed by atoms with Gasteiger partial charge in [-0.05, 0) is 37.3 Å². The number of nitrogens with zero attached hydrogens (tertiary/aromatic N) is 3. The minimum atomic E-state index is -3.39. The molecule has 2 aliphatic heterocycles. The predicted molar refractivity (Wildman–Crippen MR) is 91.5 cm³/mol. The maximum atomic E-state index is 12.4. The Morgan fingerprint density at radius 3 is 2.22 bits per heavy atom. The monoisotopic (exact) mass is 338 g/mol. The van der Waals surface area contributed by atoms with Crippen molar-refractivity contribution < 1.29 is 8.42 Å². The molecule has 128 valence electrons. The van der Waals surface area contributed by atoms with E-state index in [2.05, 4.69) is 14.6 Å². The van der Waals surface area contributed by atoms with E-state index in [1.807, 2.05) is 12.1 Å². The van der Waals surface area contributed by atoms with E-state index in [4.69, 9.17) is 0 Å². The van der Waals surface area contributed by atoms with Gasteiger partial charge in [0.15, 0.2) is 0 Å². The van der Waals surface area contributed by atoms with Gasteiger partial charge in [0.2, 0.25) is 0 Å². The van der Waals surface area contributed by atoms with Gasteiger partial charge in [0, 0.05) is 38.9 Å². The van der Waals surface area contributed by atoms with Crippen LogP contribution in [0.4, 0.5) is 5.82 Å². The molecule has 1 aromatic rings. The van der Waals surface area contributed by atoms with Crippen LogP contribution in [0.25, 0.3) is 0 Å². The molecule has 0 aliphatic carbocycles. The lowest BCUT2D eigenvalue weighted by atomic mass is 10.2. The molecule has 2 aliphatic rings. The molecule has 0 aromatic carbocycles. The first-order valence-corrected chi connectivity index (χ1v) is 10.0. The number of hydrogen-bond donors (Lipinski definition) is 1. The van der Waals surface area contributed by atoms with Gasteiger partial charge in [-0.15, -0.1) is 0 Å². The highest BCUT2D eigenvalue weighted by Crippen LogP contribution is 2.18. The maximum absolute atomic E-state index is 12.4. The summed E-state index contributed by atoms with van der Waals surface area (Å²) in [6.45, 7) is 3.68. The van der Waals surface area contributed by atoms with Crippen molar-refractivity contribution in [1.29, 1.82) is 0 Å². The Hall–Kier alpha value is -1.18. The molecule has 0 saturated carbocycles. The Balaban J connectivity index is 1.56. The van der Waals surface area contributed by atoms with E-state index in [-0.39, 0.29) is 0 Å². The van der Waals surface area contributed by atoms with E-state index in [0.29, 0.717) is 19.6 Å². The molecule has 1 aromatic heterocycles. The predicted octanol–water partition coefficient (Wildman–Crippen LogP) is 1.89. The lowest BCUT2D eigenvalue weighted by molar-refractivity contribution is 0.414. The average Bonchev–Trinajstić information content (AvgIpc) is 2.95. The first kappa shape index (κ1) is 16.7. The standard InChI is InChI=1S/C16H26N4O2S/c21-23(22,20-11-3-1-2-4-12-20)18-14-15-7-8-16(17-13-15)19-9-5-6-10-19/h7-8,13,18H,1-6,9-12,14H2. The third-order valence-electron chi connectivity index (χ3n) is 4.60. The van der Waals surface area contributed by atoms with E-state index < -0.39 is 10.2 Å². The van der Waals surface area contributed by atoms with Crippen LogP contribution in [0.5, 0.6) is 0 Å². The summed E-state index contributed by atoms with van der Waals surface area (Å²) in [5.41, 5.74) is 0.895. The first-order chi connectivity index (χ1) is 11.1. The number of pyridine rings is 1. The van der Waals surface area contributed by atoms with Gasteiger partial charge in [0.25, 0.3) is 10.2 Å². The summed E-state index contributed by atoms with van der Waals surface area (Å²) >= 11 is 0. The molecule has 1 N–H and O–H groups in total. The van der Waals surface area contributed by atoms with Crippen molar-refractivity contribution >= 4 is 16.0 Å². The quantitative estimate of drug-likeness (QED) is 0.890. The highest BCUT2D eigenvalue weighted by molar-refractivity contribution is 7.87. The van der Waals surface area contributed by atoms with Crippen LogP contribution in [0.1, 0.15) is 44.1 Å². The van der Waals surface area contributed by atoms with Gasteiger partial charge in [0.05, 0.1) is 0 Å². The summed E-state index contributed by atoms with van der Waals surface area (Å²) in [6.07, 6.45) is 8.36. The van der Waals surface area contributed by atoms with E-state index in [9.17, 15) is 8.42 Å². The molecular formula is C16H26N4O2S. The summed E-state index contributed by atoms with van der Waals surface area (Å²) in [4.78, 5) is 6.74. The molecular weight excluding hydrogens is 312 g/mol. The van der Waals surface area contributed by atoms with Crippen LogP contribution in [0, 0.1) is 0 Å². The van der Waals surface area contributed by atoms with Crippen LogP contribution in [0.15, 0.2) is 18.3 Å². The zero-order valence-electron chi connectivity index (χ0n) is 13.6. The molecule has 0 radical (unpaired) electrons. The number of rotatable bonds is 5. The van der Waals surface area contributed by atoms with Gasteiger partial charge >= 0.3 is 0 Å². The smallest absolute Gasteiger partial charge is 0.279 e. The molecule has 3 heterocycles. The zero-order chi connectivity index (χ0) is 16.1. The van der Waals surface area contributed by atoms with Crippen LogP contribution in [-0.4, -0.2) is 43.9 Å². The maximum Gasteiger partial charge on any atom is 0.279 e. The van der Waals surface area contributed by atoms with Gasteiger partial charge in [-0.3, -0.25) is 0 Å². The van der Waals surface area contributed by atoms with Crippen molar-refractivity contribution in [3.8, 4) is 0 Å². The topological polar surface area (TPSA) is 65.5 Å². The van der Waals surface area contributed by atoms with Crippen molar-refractivity contribution in [2.24, 2.45) is 0 Å². The second-order valence-electron chi connectivity index (χ2n) is 6.36. The Morgan fingerprint density at radius 1 is 0.957 bits per heavy atom. The lowest BCUT2D eigenvalue weighted by Gasteiger charge is -2.20. The van der Waals surface area contributed by atoms with Gasteiger partial charge in [-0.1, -0.05) is 18.9 Å². The van der Waals surface area contributed by atoms with E-state index in [0.717, 1.165) is 50.2 Å². The Labute approximate surface area is 139 Å². The molecule has 2 saturated heterocycles. The van der Waals surface area contributed by atoms with Gasteiger partial charge in [-0.2, -0.15) is 17.4 Å². The fourth-order valence-electron chi connectivity index (χ4n) is 3.20. The second kappa shape index (κ2) is 7.59. The van der Waals surface area contributed by atoms with Crippen LogP contribution in [0.3, 0.4) is 0 Å². The van der Waals surface area contributed by atoms with Gasteiger partial charge in [-0.25, -0.2) is 4.98 Å². The summed E-state index contributed by atoms with van der Waals surface area (Å²) in [5, 5.41) is 0. The normalized spacial score (nSPS) is 20.6. The average molecular weight is 338 g/mol. The Morgan fingerprint density at radius 2 is 1.61 bits per heavy atom. The van der Waals surface area contributed by atoms with Crippen molar-refractivity contribution in [1.82, 2.24) is 14.0 Å². The molecule has 23 heavy (non-hydrogen) atoms.